The fraction of sp³-hybridized carbons (Fsp3) is 0.538. The molecule has 1 aromatic carbocycles. The Morgan fingerprint density at radius 1 is 1.31 bits per heavy atom. The predicted molar refractivity (Wildman–Crippen MR) is 61.2 cm³/mol. The maximum Gasteiger partial charge on any atom is 0.109 e. The summed E-state index contributed by atoms with van der Waals surface area (Å²) in [5.74, 6) is 0. The van der Waals surface area contributed by atoms with E-state index in [0.29, 0.717) is 6.42 Å². The number of benzene rings is 1. The van der Waals surface area contributed by atoms with Crippen molar-refractivity contribution < 1.29 is 14.6 Å². The molecule has 3 heteroatoms. The summed E-state index contributed by atoms with van der Waals surface area (Å²) in [7, 11) is 1.66. The first kappa shape index (κ1) is 11.6. The van der Waals surface area contributed by atoms with Crippen molar-refractivity contribution in [1.29, 1.82) is 0 Å². The molecule has 1 aromatic rings. The van der Waals surface area contributed by atoms with Gasteiger partial charge in [0, 0.05) is 13.5 Å². The van der Waals surface area contributed by atoms with Gasteiger partial charge in [-0.15, -0.1) is 0 Å². The van der Waals surface area contributed by atoms with Crippen molar-refractivity contribution in [2.75, 3.05) is 7.11 Å². The first-order valence-corrected chi connectivity index (χ1v) is 5.63. The number of methoxy groups -OCH3 is 1. The Labute approximate surface area is 96.0 Å². The Hall–Kier alpha value is -0.900. The van der Waals surface area contributed by atoms with Crippen LogP contribution in [0.5, 0.6) is 0 Å². The molecule has 3 nitrogen and oxygen atoms in total. The molecule has 0 spiro atoms. The Morgan fingerprint density at radius 3 is 2.62 bits per heavy atom. The number of rotatable bonds is 2. The lowest BCUT2D eigenvalue weighted by atomic mass is 9.94. The molecule has 1 heterocycles. The topological polar surface area (TPSA) is 38.7 Å². The van der Waals surface area contributed by atoms with Crippen molar-refractivity contribution in [2.24, 2.45) is 0 Å². The van der Waals surface area contributed by atoms with E-state index < -0.39 is 6.10 Å². The monoisotopic (exact) mass is 222 g/mol. The fourth-order valence-electron chi connectivity index (χ4n) is 2.12. The average Bonchev–Trinajstić information content (AvgIpc) is 2.33. The van der Waals surface area contributed by atoms with Crippen molar-refractivity contribution in [3.8, 4) is 0 Å². The third-order valence-corrected chi connectivity index (χ3v) is 3.15. The highest BCUT2D eigenvalue weighted by Crippen LogP contribution is 2.33. The lowest BCUT2D eigenvalue weighted by Gasteiger charge is -2.37. The van der Waals surface area contributed by atoms with Gasteiger partial charge < -0.3 is 14.6 Å². The normalized spacial score (nSPS) is 34.9. The maximum atomic E-state index is 9.74. The Bertz CT molecular complexity index is 325. The van der Waals surface area contributed by atoms with Gasteiger partial charge in [-0.3, -0.25) is 0 Å². The summed E-state index contributed by atoms with van der Waals surface area (Å²) in [5.41, 5.74) is 1.10. The zero-order chi connectivity index (χ0) is 11.5. The minimum Gasteiger partial charge on any atom is -0.390 e. The Morgan fingerprint density at radius 2 is 2.00 bits per heavy atom. The van der Waals surface area contributed by atoms with Gasteiger partial charge in [0.15, 0.2) is 0 Å². The van der Waals surface area contributed by atoms with E-state index in [9.17, 15) is 5.11 Å². The van der Waals surface area contributed by atoms with Crippen molar-refractivity contribution in [1.82, 2.24) is 0 Å². The summed E-state index contributed by atoms with van der Waals surface area (Å²) in [5, 5.41) is 9.74. The van der Waals surface area contributed by atoms with Gasteiger partial charge in [0.05, 0.1) is 18.3 Å². The van der Waals surface area contributed by atoms with Crippen LogP contribution < -0.4 is 0 Å². The molecule has 2 rings (SSSR count). The molecule has 16 heavy (non-hydrogen) atoms. The first-order valence-electron chi connectivity index (χ1n) is 5.63. The van der Waals surface area contributed by atoms with Gasteiger partial charge in [-0.1, -0.05) is 30.3 Å². The second-order valence-electron chi connectivity index (χ2n) is 4.25. The number of aliphatic hydroxyl groups excluding tert-OH is 1. The lowest BCUT2D eigenvalue weighted by Crippen LogP contribution is -2.42. The van der Waals surface area contributed by atoms with Gasteiger partial charge in [0.25, 0.3) is 0 Å². The standard InChI is InChI=1S/C13H18O3/c1-9-11(14)8-12(15-2)13(16-9)10-6-4-3-5-7-10/h3-7,9,11-14H,8H2,1-2H3/t9?,11-,12?,13+/m1/s1. The van der Waals surface area contributed by atoms with Crippen LogP contribution in [0.1, 0.15) is 25.0 Å². The zero-order valence-corrected chi connectivity index (χ0v) is 9.67. The first-order chi connectivity index (χ1) is 7.72. The van der Waals surface area contributed by atoms with Crippen molar-refractivity contribution >= 4 is 0 Å². The molecule has 88 valence electrons. The minimum absolute atomic E-state index is 0.0754. The van der Waals surface area contributed by atoms with Gasteiger partial charge in [-0.25, -0.2) is 0 Å². The molecule has 0 saturated carbocycles. The van der Waals surface area contributed by atoms with E-state index in [-0.39, 0.29) is 18.3 Å². The predicted octanol–water partition coefficient (Wildman–Crippen LogP) is 1.91. The van der Waals surface area contributed by atoms with Crippen molar-refractivity contribution in [3.63, 3.8) is 0 Å². The fourth-order valence-corrected chi connectivity index (χ4v) is 2.12. The highest BCUT2D eigenvalue weighted by Gasteiger charge is 2.35. The molecule has 2 unspecified atom stereocenters. The second-order valence-corrected chi connectivity index (χ2v) is 4.25. The van der Waals surface area contributed by atoms with Crippen LogP contribution in [-0.2, 0) is 9.47 Å². The molecular weight excluding hydrogens is 204 g/mol. The van der Waals surface area contributed by atoms with Crippen LogP contribution in [-0.4, -0.2) is 30.5 Å². The highest BCUT2D eigenvalue weighted by molar-refractivity contribution is 5.19. The van der Waals surface area contributed by atoms with E-state index in [1.54, 1.807) is 7.11 Å². The van der Waals surface area contributed by atoms with E-state index in [1.165, 1.54) is 0 Å². The summed E-state index contributed by atoms with van der Waals surface area (Å²) in [4.78, 5) is 0. The summed E-state index contributed by atoms with van der Waals surface area (Å²) >= 11 is 0. The third-order valence-electron chi connectivity index (χ3n) is 3.15. The molecule has 0 amide bonds. The number of aliphatic hydroxyl groups is 1. The minimum atomic E-state index is -0.440. The molecule has 1 saturated heterocycles. The molecular formula is C13H18O3. The number of hydrogen-bond acceptors (Lipinski definition) is 3. The smallest absolute Gasteiger partial charge is 0.109 e. The van der Waals surface area contributed by atoms with E-state index in [2.05, 4.69) is 0 Å². The molecule has 0 aromatic heterocycles. The average molecular weight is 222 g/mol. The van der Waals surface area contributed by atoms with Crippen LogP contribution in [0.25, 0.3) is 0 Å². The van der Waals surface area contributed by atoms with Gasteiger partial charge >= 0.3 is 0 Å². The van der Waals surface area contributed by atoms with Crippen LogP contribution >= 0.6 is 0 Å². The van der Waals surface area contributed by atoms with Crippen LogP contribution in [0.4, 0.5) is 0 Å². The van der Waals surface area contributed by atoms with Crippen LogP contribution in [0.2, 0.25) is 0 Å². The van der Waals surface area contributed by atoms with E-state index in [4.69, 9.17) is 9.47 Å². The largest absolute Gasteiger partial charge is 0.390 e. The summed E-state index contributed by atoms with van der Waals surface area (Å²) in [6.45, 7) is 1.90. The summed E-state index contributed by atoms with van der Waals surface area (Å²) < 4.78 is 11.2. The summed E-state index contributed by atoms with van der Waals surface area (Å²) in [6, 6.07) is 10.0. The van der Waals surface area contributed by atoms with Gasteiger partial charge in [-0.05, 0) is 12.5 Å². The molecule has 4 atom stereocenters. The van der Waals surface area contributed by atoms with E-state index in [0.717, 1.165) is 5.56 Å². The van der Waals surface area contributed by atoms with Crippen molar-refractivity contribution in [2.45, 2.75) is 37.8 Å². The summed E-state index contributed by atoms with van der Waals surface area (Å²) in [6.07, 6.45) is -0.114. The van der Waals surface area contributed by atoms with Crippen LogP contribution in [0.3, 0.4) is 0 Å². The second kappa shape index (κ2) is 4.95. The zero-order valence-electron chi connectivity index (χ0n) is 9.67. The SMILES string of the molecule is COC1C[C@@H](O)C(C)O[C@H]1c1ccccc1. The maximum absolute atomic E-state index is 9.74. The van der Waals surface area contributed by atoms with E-state index >= 15 is 0 Å². The highest BCUT2D eigenvalue weighted by atomic mass is 16.6. The lowest BCUT2D eigenvalue weighted by molar-refractivity contribution is -0.173. The molecule has 0 bridgehead atoms. The van der Waals surface area contributed by atoms with Crippen molar-refractivity contribution in [3.05, 3.63) is 35.9 Å². The molecule has 0 radical (unpaired) electrons. The Balaban J connectivity index is 2.19. The Kier molecular flexibility index (Phi) is 3.59. The van der Waals surface area contributed by atoms with Gasteiger partial charge in [0.2, 0.25) is 0 Å². The van der Waals surface area contributed by atoms with Crippen LogP contribution in [0, 0.1) is 0 Å². The number of ether oxygens (including phenoxy) is 2. The van der Waals surface area contributed by atoms with E-state index in [1.807, 2.05) is 37.3 Å². The molecule has 1 aliphatic rings. The molecule has 1 fully saturated rings. The molecule has 1 N–H and O–H groups in total. The van der Waals surface area contributed by atoms with Crippen LogP contribution in [0.15, 0.2) is 30.3 Å². The van der Waals surface area contributed by atoms with Gasteiger partial charge in [-0.2, -0.15) is 0 Å². The molecule has 0 aliphatic carbocycles. The molecule has 1 aliphatic heterocycles. The van der Waals surface area contributed by atoms with Gasteiger partial charge in [0.1, 0.15) is 6.10 Å². The third kappa shape index (κ3) is 2.26. The quantitative estimate of drug-likeness (QED) is 0.830. The number of hydrogen-bond donors (Lipinski definition) is 1.